The molecule has 0 amide bonds. The molecule has 0 spiro atoms. The van der Waals surface area contributed by atoms with Crippen molar-refractivity contribution in [2.75, 3.05) is 13.2 Å². The van der Waals surface area contributed by atoms with E-state index in [4.69, 9.17) is 28.4 Å². The Kier molecular flexibility index (Phi) is 12.8. The van der Waals surface area contributed by atoms with Crippen molar-refractivity contribution in [1.82, 2.24) is 0 Å². The fourth-order valence-corrected chi connectivity index (χ4v) is 14.8. The van der Waals surface area contributed by atoms with Crippen LogP contribution in [0.15, 0.2) is 11.6 Å². The molecule has 63 heavy (non-hydrogen) atoms. The van der Waals surface area contributed by atoms with Crippen molar-refractivity contribution in [2.24, 2.45) is 50.2 Å². The van der Waals surface area contributed by atoms with Gasteiger partial charge in [0.1, 0.15) is 61.0 Å². The van der Waals surface area contributed by atoms with Gasteiger partial charge >= 0.3 is 5.97 Å². The van der Waals surface area contributed by atoms with E-state index in [1.54, 1.807) is 0 Å². The third-order valence-corrected chi connectivity index (χ3v) is 18.9. The van der Waals surface area contributed by atoms with Crippen LogP contribution in [0, 0.1) is 50.2 Å². The smallest absolute Gasteiger partial charge is 0.310 e. The zero-order chi connectivity index (χ0) is 46.0. The van der Waals surface area contributed by atoms with Crippen LogP contribution in [0.25, 0.3) is 0 Å². The predicted octanol–water partition coefficient (Wildman–Crippen LogP) is 2.37. The summed E-state index contributed by atoms with van der Waals surface area (Å²) in [5.41, 5.74) is 0.208. The van der Waals surface area contributed by atoms with Crippen molar-refractivity contribution >= 4 is 5.97 Å². The van der Waals surface area contributed by atoms with E-state index >= 15 is 0 Å². The van der Waals surface area contributed by atoms with Crippen LogP contribution in [0.1, 0.15) is 120 Å². The first-order valence-corrected chi connectivity index (χ1v) is 23.6. The molecule has 0 aromatic rings. The van der Waals surface area contributed by atoms with E-state index in [1.165, 1.54) is 12.5 Å². The zero-order valence-corrected chi connectivity index (χ0v) is 38.3. The lowest BCUT2D eigenvalue weighted by Crippen LogP contribution is -2.66. The second-order valence-corrected chi connectivity index (χ2v) is 23.0. The van der Waals surface area contributed by atoms with Gasteiger partial charge in [0.05, 0.1) is 30.8 Å². The Balaban J connectivity index is 0.999. The van der Waals surface area contributed by atoms with Crippen LogP contribution < -0.4 is 0 Å². The maximum absolute atomic E-state index is 13.1. The van der Waals surface area contributed by atoms with E-state index in [0.29, 0.717) is 18.8 Å². The fraction of sp³-hybridized carbons (Fsp3) is 0.936. The maximum atomic E-state index is 13.1. The molecule has 360 valence electrons. The van der Waals surface area contributed by atoms with Gasteiger partial charge in [-0.15, -0.1) is 0 Å². The second-order valence-electron chi connectivity index (χ2n) is 23.0. The van der Waals surface area contributed by atoms with Gasteiger partial charge in [0.2, 0.25) is 0 Å². The normalized spacial score (nSPS) is 54.1. The standard InChI is InChI=1S/C47H76O16/c1-22-30(50)36(62-38-34(54)33(53)32(52)26(20-48)60-38)35(55)39(59-22)63-37-31(51)25(49)21-58-40(37)61-29-12-13-44(6)27(43(29,4)5)11-14-46(8)28(44)10-9-23-24-19-42(2,3)15-17-47(24,41(56)57)18-16-45(23,46)7/h9,22,24-40,48-55H,10-21H2,1-8H3,(H,56,57)/t22-,24-,25+,26+,27-,28+,29-,30-,31-,32+,33-,34+,35+,36+,37+,38-,39-,40-,44-,45+,46+,47-/m0/s1. The van der Waals surface area contributed by atoms with E-state index in [2.05, 4.69) is 54.5 Å². The highest BCUT2D eigenvalue weighted by atomic mass is 16.8. The molecule has 3 saturated heterocycles. The van der Waals surface area contributed by atoms with E-state index in [9.17, 15) is 50.8 Å². The van der Waals surface area contributed by atoms with Crippen LogP contribution in [-0.2, 0) is 33.2 Å². The van der Waals surface area contributed by atoms with Crippen LogP contribution in [-0.4, -0.2) is 157 Å². The van der Waals surface area contributed by atoms with E-state index in [1.807, 2.05) is 0 Å². The number of aliphatic hydroxyl groups excluding tert-OH is 8. The maximum Gasteiger partial charge on any atom is 0.310 e. The Labute approximate surface area is 371 Å². The molecule has 8 aliphatic rings. The van der Waals surface area contributed by atoms with Gasteiger partial charge in [0.25, 0.3) is 0 Å². The lowest BCUT2D eigenvalue weighted by atomic mass is 9.33. The number of aliphatic hydroxyl groups is 8. The molecule has 22 atom stereocenters. The number of carboxylic acid groups (broad SMARTS) is 1. The summed E-state index contributed by atoms with van der Waals surface area (Å²) < 4.78 is 36.3. The Bertz CT molecular complexity index is 1720. The van der Waals surface area contributed by atoms with Gasteiger partial charge in [0.15, 0.2) is 18.9 Å². The predicted molar refractivity (Wildman–Crippen MR) is 223 cm³/mol. The molecule has 3 aliphatic heterocycles. The molecule has 9 N–H and O–H groups in total. The van der Waals surface area contributed by atoms with Crippen molar-refractivity contribution in [3.8, 4) is 0 Å². The summed E-state index contributed by atoms with van der Waals surface area (Å²) in [6, 6.07) is 0. The first kappa shape index (κ1) is 48.1. The second kappa shape index (κ2) is 16.7. The van der Waals surface area contributed by atoms with E-state index < -0.39 is 104 Å². The average molecular weight is 897 g/mol. The quantitative estimate of drug-likeness (QED) is 0.125. The number of aliphatic carboxylic acids is 1. The van der Waals surface area contributed by atoms with Gasteiger partial charge in [-0.25, -0.2) is 0 Å². The third kappa shape index (κ3) is 7.51. The molecule has 0 bridgehead atoms. The van der Waals surface area contributed by atoms with Crippen LogP contribution in [0.5, 0.6) is 0 Å². The molecule has 5 aliphatic carbocycles. The number of hydrogen-bond donors (Lipinski definition) is 9. The van der Waals surface area contributed by atoms with Gasteiger partial charge in [-0.05, 0) is 116 Å². The highest BCUT2D eigenvalue weighted by molar-refractivity contribution is 5.76. The average Bonchev–Trinajstić information content (AvgIpc) is 3.21. The van der Waals surface area contributed by atoms with Crippen molar-refractivity contribution in [3.63, 3.8) is 0 Å². The Morgan fingerprint density at radius 1 is 0.714 bits per heavy atom. The summed E-state index contributed by atoms with van der Waals surface area (Å²) in [5.74, 6) is 0.0213. The molecule has 16 heteroatoms. The molecule has 4 saturated carbocycles. The topological polar surface area (TPSA) is 255 Å². The highest BCUT2D eigenvalue weighted by Gasteiger charge is 2.70. The van der Waals surface area contributed by atoms with Crippen LogP contribution in [0.4, 0.5) is 0 Å². The summed E-state index contributed by atoms with van der Waals surface area (Å²) in [5, 5.41) is 96.4. The number of carboxylic acids is 1. The number of ether oxygens (including phenoxy) is 6. The van der Waals surface area contributed by atoms with Gasteiger partial charge < -0.3 is 74.4 Å². The number of allylic oxidation sites excluding steroid dienone is 2. The lowest BCUT2D eigenvalue weighted by Gasteiger charge is -2.71. The van der Waals surface area contributed by atoms with Crippen LogP contribution in [0.3, 0.4) is 0 Å². The molecule has 16 nitrogen and oxygen atoms in total. The minimum Gasteiger partial charge on any atom is -0.481 e. The zero-order valence-electron chi connectivity index (χ0n) is 38.3. The van der Waals surface area contributed by atoms with Crippen LogP contribution in [0.2, 0.25) is 0 Å². The largest absolute Gasteiger partial charge is 0.481 e. The monoisotopic (exact) mass is 897 g/mol. The van der Waals surface area contributed by atoms with Crippen molar-refractivity contribution in [1.29, 1.82) is 0 Å². The van der Waals surface area contributed by atoms with Gasteiger partial charge in [-0.1, -0.05) is 60.1 Å². The molecule has 8 rings (SSSR count). The third-order valence-electron chi connectivity index (χ3n) is 18.9. The molecule has 0 aromatic heterocycles. The first-order chi connectivity index (χ1) is 29.4. The lowest BCUT2D eigenvalue weighted by molar-refractivity contribution is -0.382. The molecule has 0 radical (unpaired) electrons. The molecule has 0 unspecified atom stereocenters. The van der Waals surface area contributed by atoms with Crippen LogP contribution >= 0.6 is 0 Å². The molecule has 3 heterocycles. The molecular weight excluding hydrogens is 821 g/mol. The Morgan fingerprint density at radius 3 is 2.06 bits per heavy atom. The van der Waals surface area contributed by atoms with E-state index in [0.717, 1.165) is 51.4 Å². The summed E-state index contributed by atoms with van der Waals surface area (Å²) in [7, 11) is 0. The molecular formula is C47H76O16. The van der Waals surface area contributed by atoms with Crippen molar-refractivity contribution in [3.05, 3.63) is 11.6 Å². The number of rotatable bonds is 8. The summed E-state index contributed by atoms with van der Waals surface area (Å²) in [6.07, 6.45) is -10.3. The Hall–Kier alpha value is -1.35. The number of hydrogen-bond acceptors (Lipinski definition) is 15. The Morgan fingerprint density at radius 2 is 1.38 bits per heavy atom. The summed E-state index contributed by atoms with van der Waals surface area (Å²) >= 11 is 0. The molecule has 7 fully saturated rings. The summed E-state index contributed by atoms with van der Waals surface area (Å²) in [4.78, 5) is 13.1. The fourth-order valence-electron chi connectivity index (χ4n) is 14.8. The first-order valence-electron chi connectivity index (χ1n) is 23.6. The minimum atomic E-state index is -1.80. The van der Waals surface area contributed by atoms with Crippen molar-refractivity contribution in [2.45, 2.75) is 212 Å². The summed E-state index contributed by atoms with van der Waals surface area (Å²) in [6.45, 7) is 17.0. The van der Waals surface area contributed by atoms with Crippen molar-refractivity contribution < 1.29 is 79.2 Å². The van der Waals surface area contributed by atoms with Gasteiger partial charge in [-0.3, -0.25) is 4.79 Å². The number of fused-ring (bicyclic) bond motifs is 7. The van der Waals surface area contributed by atoms with Gasteiger partial charge in [0, 0.05) is 0 Å². The van der Waals surface area contributed by atoms with E-state index in [-0.39, 0.29) is 51.6 Å². The SMILES string of the molecule is C[C@@H]1O[C@@H](O[C@H]2[C@H](O[C@H]3CC[C@]4(C)[C@H]5CC=C6[C@@H]7CC(C)(C)CC[C@]7(C(=O)O)CC[C@@]6(C)[C@]5(C)CC[C@H]4C3(C)C)OC[C@@H](O)[C@@H]2O)[C@H](O)[C@H](O[C@@H]2O[C@H](CO)[C@@H](O)[C@H](O)[C@H]2O)[C@H]1O. The van der Waals surface area contributed by atoms with Gasteiger partial charge in [-0.2, -0.15) is 0 Å². The highest BCUT2D eigenvalue weighted by Crippen LogP contribution is 2.76. The molecule has 0 aromatic carbocycles. The number of carbonyl (C=O) groups is 1. The minimum absolute atomic E-state index is 0.0278.